The van der Waals surface area contributed by atoms with Crippen LogP contribution < -0.4 is 20.9 Å². The summed E-state index contributed by atoms with van der Waals surface area (Å²) in [6, 6.07) is 16.6. The molecule has 1 aliphatic heterocycles. The van der Waals surface area contributed by atoms with Gasteiger partial charge >= 0.3 is 6.03 Å². The largest absolute Gasteiger partial charge is 0.369 e. The summed E-state index contributed by atoms with van der Waals surface area (Å²) in [4.78, 5) is 41.7. The number of para-hydroxylation sites is 1. The van der Waals surface area contributed by atoms with Gasteiger partial charge in [-0.1, -0.05) is 31.2 Å². The van der Waals surface area contributed by atoms with Gasteiger partial charge in [0.05, 0.1) is 11.3 Å². The minimum Gasteiger partial charge on any atom is -0.369 e. The third-order valence-corrected chi connectivity index (χ3v) is 6.45. The zero-order chi connectivity index (χ0) is 27.8. The minimum atomic E-state index is -0.506. The molecule has 39 heavy (non-hydrogen) atoms. The summed E-state index contributed by atoms with van der Waals surface area (Å²) in [5.41, 5.74) is 2.40. The Morgan fingerprint density at radius 1 is 0.872 bits per heavy atom. The number of urea groups is 1. The monoisotopic (exact) mass is 535 g/mol. The zero-order valence-electron chi connectivity index (χ0n) is 21.7. The van der Waals surface area contributed by atoms with Crippen molar-refractivity contribution in [2.75, 3.05) is 41.7 Å². The summed E-state index contributed by atoms with van der Waals surface area (Å²) in [6.45, 7) is 3.81. The maximum Gasteiger partial charge on any atom is 0.321 e. The van der Waals surface area contributed by atoms with Crippen LogP contribution in [0.1, 0.15) is 35.7 Å². The maximum absolute atomic E-state index is 14.0. The van der Waals surface area contributed by atoms with E-state index in [0.717, 1.165) is 5.56 Å². The van der Waals surface area contributed by atoms with Crippen molar-refractivity contribution in [3.05, 3.63) is 89.5 Å². The van der Waals surface area contributed by atoms with E-state index in [1.807, 2.05) is 4.90 Å². The van der Waals surface area contributed by atoms with Crippen molar-refractivity contribution in [1.82, 2.24) is 10.2 Å². The van der Waals surface area contributed by atoms with Gasteiger partial charge < -0.3 is 25.8 Å². The standard InChI is InChI=1S/C29H31F2N5O3/c1-2-27(37)33-22-12-13-26(23(18-22)28(38)32-19-20-8-10-21(30)11-9-20)35-14-5-15-36(17-16-35)29(39)34-25-7-4-3-6-24(25)31/h3-4,6-13,18H,2,5,14-17,19H2,1H3,(H,32,38)(H,33,37)(H,34,39). The summed E-state index contributed by atoms with van der Waals surface area (Å²) < 4.78 is 27.3. The fraction of sp³-hybridized carbons (Fsp3) is 0.276. The van der Waals surface area contributed by atoms with Gasteiger partial charge in [0.1, 0.15) is 11.6 Å². The molecule has 10 heteroatoms. The molecular weight excluding hydrogens is 504 g/mol. The van der Waals surface area contributed by atoms with E-state index in [9.17, 15) is 23.2 Å². The second kappa shape index (κ2) is 12.9. The summed E-state index contributed by atoms with van der Waals surface area (Å²) in [6.07, 6.45) is 0.931. The zero-order valence-corrected chi connectivity index (χ0v) is 21.7. The Morgan fingerprint density at radius 2 is 1.64 bits per heavy atom. The van der Waals surface area contributed by atoms with E-state index in [2.05, 4.69) is 16.0 Å². The molecule has 3 aromatic carbocycles. The Hall–Kier alpha value is -4.47. The molecule has 1 saturated heterocycles. The number of nitrogens with zero attached hydrogens (tertiary/aromatic N) is 2. The molecule has 0 bridgehead atoms. The van der Waals surface area contributed by atoms with Crippen LogP contribution >= 0.6 is 0 Å². The summed E-state index contributed by atoms with van der Waals surface area (Å²) >= 11 is 0. The number of rotatable bonds is 7. The SMILES string of the molecule is CCC(=O)Nc1ccc(N2CCCN(C(=O)Nc3ccccc3F)CC2)c(C(=O)NCc2ccc(F)cc2)c1. The van der Waals surface area contributed by atoms with Crippen LogP contribution in [0.3, 0.4) is 0 Å². The summed E-state index contributed by atoms with van der Waals surface area (Å²) in [5, 5.41) is 8.29. The Kier molecular flexibility index (Phi) is 9.09. The Morgan fingerprint density at radius 3 is 2.38 bits per heavy atom. The molecule has 0 atom stereocenters. The van der Waals surface area contributed by atoms with Crippen LogP contribution in [0.15, 0.2) is 66.7 Å². The van der Waals surface area contributed by atoms with Gasteiger partial charge in [0.2, 0.25) is 5.91 Å². The van der Waals surface area contributed by atoms with Gasteiger partial charge in [-0.05, 0) is 54.4 Å². The van der Waals surface area contributed by atoms with E-state index >= 15 is 0 Å². The van der Waals surface area contributed by atoms with E-state index in [-0.39, 0.29) is 29.9 Å². The van der Waals surface area contributed by atoms with E-state index in [4.69, 9.17) is 0 Å². The fourth-order valence-electron chi connectivity index (χ4n) is 4.32. The number of carbonyl (C=O) groups excluding carboxylic acids is 3. The second-order valence-electron chi connectivity index (χ2n) is 9.18. The highest BCUT2D eigenvalue weighted by atomic mass is 19.1. The molecule has 1 fully saturated rings. The molecule has 1 aliphatic rings. The van der Waals surface area contributed by atoms with E-state index in [1.54, 1.807) is 54.3 Å². The maximum atomic E-state index is 14.0. The van der Waals surface area contributed by atoms with Gasteiger partial charge in [0.15, 0.2) is 0 Å². The molecule has 4 rings (SSSR count). The molecule has 0 aliphatic carbocycles. The molecule has 0 radical (unpaired) electrons. The van der Waals surface area contributed by atoms with Crippen molar-refractivity contribution >= 4 is 34.9 Å². The van der Waals surface area contributed by atoms with Gasteiger partial charge in [0.25, 0.3) is 5.91 Å². The molecule has 3 aromatic rings. The van der Waals surface area contributed by atoms with Crippen molar-refractivity contribution in [2.45, 2.75) is 26.3 Å². The normalized spacial score (nSPS) is 13.4. The van der Waals surface area contributed by atoms with E-state index in [1.165, 1.54) is 24.3 Å². The minimum absolute atomic E-state index is 0.119. The molecule has 0 aromatic heterocycles. The van der Waals surface area contributed by atoms with Crippen LogP contribution in [0.2, 0.25) is 0 Å². The predicted molar refractivity (Wildman–Crippen MR) is 147 cm³/mol. The van der Waals surface area contributed by atoms with Crippen LogP contribution in [0.5, 0.6) is 0 Å². The van der Waals surface area contributed by atoms with Crippen LogP contribution in [0.4, 0.5) is 30.6 Å². The molecule has 8 nitrogen and oxygen atoms in total. The first-order valence-corrected chi connectivity index (χ1v) is 12.9. The number of carbonyl (C=O) groups is 3. The quantitative estimate of drug-likeness (QED) is 0.398. The number of anilines is 3. The third-order valence-electron chi connectivity index (χ3n) is 6.45. The van der Waals surface area contributed by atoms with Gasteiger partial charge in [-0.2, -0.15) is 0 Å². The van der Waals surface area contributed by atoms with Crippen LogP contribution in [-0.2, 0) is 11.3 Å². The molecule has 0 unspecified atom stereocenters. The third kappa shape index (κ3) is 7.31. The summed E-state index contributed by atoms with van der Waals surface area (Å²) in [5.74, 6) is -1.38. The number of hydrogen-bond acceptors (Lipinski definition) is 4. The van der Waals surface area contributed by atoms with E-state index in [0.29, 0.717) is 56.0 Å². The molecule has 4 amide bonds. The van der Waals surface area contributed by atoms with Crippen molar-refractivity contribution < 1.29 is 23.2 Å². The lowest BCUT2D eigenvalue weighted by Crippen LogP contribution is -2.38. The molecule has 3 N–H and O–H groups in total. The van der Waals surface area contributed by atoms with Gasteiger partial charge in [-0.25, -0.2) is 13.6 Å². The average Bonchev–Trinajstić information content (AvgIpc) is 3.20. The first-order chi connectivity index (χ1) is 18.8. The van der Waals surface area contributed by atoms with Crippen molar-refractivity contribution in [2.24, 2.45) is 0 Å². The van der Waals surface area contributed by atoms with Crippen LogP contribution in [-0.4, -0.2) is 48.9 Å². The molecular formula is C29H31F2N5O3. The molecule has 0 saturated carbocycles. The lowest BCUT2D eigenvalue weighted by molar-refractivity contribution is -0.115. The van der Waals surface area contributed by atoms with Crippen LogP contribution in [0.25, 0.3) is 0 Å². The first-order valence-electron chi connectivity index (χ1n) is 12.9. The number of halogens is 2. The fourth-order valence-corrected chi connectivity index (χ4v) is 4.32. The smallest absolute Gasteiger partial charge is 0.321 e. The van der Waals surface area contributed by atoms with Crippen LogP contribution in [0, 0.1) is 11.6 Å². The Bertz CT molecular complexity index is 1330. The Balaban J connectivity index is 1.50. The highest BCUT2D eigenvalue weighted by Gasteiger charge is 2.23. The molecule has 0 spiro atoms. The van der Waals surface area contributed by atoms with Crippen molar-refractivity contribution in [1.29, 1.82) is 0 Å². The lowest BCUT2D eigenvalue weighted by Gasteiger charge is -2.26. The number of benzene rings is 3. The second-order valence-corrected chi connectivity index (χ2v) is 9.18. The topological polar surface area (TPSA) is 93.8 Å². The number of amides is 4. The Labute approximate surface area is 226 Å². The first kappa shape index (κ1) is 27.6. The lowest BCUT2D eigenvalue weighted by atomic mass is 10.1. The predicted octanol–water partition coefficient (Wildman–Crippen LogP) is 4.99. The highest BCUT2D eigenvalue weighted by Crippen LogP contribution is 2.26. The van der Waals surface area contributed by atoms with Gasteiger partial charge in [0, 0.05) is 50.5 Å². The summed E-state index contributed by atoms with van der Waals surface area (Å²) in [7, 11) is 0. The number of hydrogen-bond donors (Lipinski definition) is 3. The molecule has 1 heterocycles. The van der Waals surface area contributed by atoms with Gasteiger partial charge in [-0.3, -0.25) is 9.59 Å². The van der Waals surface area contributed by atoms with Crippen molar-refractivity contribution in [3.63, 3.8) is 0 Å². The van der Waals surface area contributed by atoms with Crippen molar-refractivity contribution in [3.8, 4) is 0 Å². The highest BCUT2D eigenvalue weighted by molar-refractivity contribution is 6.02. The number of nitrogens with one attached hydrogen (secondary N) is 3. The average molecular weight is 536 g/mol. The van der Waals surface area contributed by atoms with Gasteiger partial charge in [-0.15, -0.1) is 0 Å². The van der Waals surface area contributed by atoms with E-state index < -0.39 is 11.8 Å². The molecule has 204 valence electrons.